The van der Waals surface area contributed by atoms with Crippen LogP contribution in [-0.2, 0) is 18.3 Å². The molecule has 0 aromatic carbocycles. The fourth-order valence-electron chi connectivity index (χ4n) is 2.94. The molecule has 0 saturated heterocycles. The Morgan fingerprint density at radius 1 is 1.25 bits per heavy atom. The maximum absolute atomic E-state index is 12.8. The zero-order valence-corrected chi connectivity index (χ0v) is 15.1. The molecule has 2 heterocycles. The first-order valence-electron chi connectivity index (χ1n) is 7.99. The lowest BCUT2D eigenvalue weighted by Crippen LogP contribution is -2.23. The van der Waals surface area contributed by atoms with Crippen molar-refractivity contribution in [1.82, 2.24) is 19.7 Å². The number of Topliss-reactive ketones (excluding diaryl/α,β-unsaturated/α-hetero) is 1. The molecule has 0 bridgehead atoms. The van der Waals surface area contributed by atoms with Gasteiger partial charge >= 0.3 is 0 Å². The molecule has 0 N–H and O–H groups in total. The number of aromatic nitrogens is 4. The number of carbonyl (C=O) groups is 1. The van der Waals surface area contributed by atoms with Crippen molar-refractivity contribution in [2.75, 3.05) is 0 Å². The van der Waals surface area contributed by atoms with E-state index in [2.05, 4.69) is 21.1 Å². The fraction of sp³-hybridized carbons (Fsp3) is 0.500. The molecule has 2 atom stereocenters. The van der Waals surface area contributed by atoms with E-state index in [1.807, 2.05) is 52.4 Å². The lowest BCUT2D eigenvalue weighted by molar-refractivity contribution is -0.122. The van der Waals surface area contributed by atoms with Crippen molar-refractivity contribution in [3.8, 4) is 6.07 Å². The van der Waals surface area contributed by atoms with Gasteiger partial charge in [0.25, 0.3) is 0 Å². The smallest absolute Gasteiger partial charge is 0.164 e. The summed E-state index contributed by atoms with van der Waals surface area (Å²) in [4.78, 5) is 21.4. The standard InChI is InChI=1S/C18H23N5O/c1-10(7-15-13(4)22-23(6)14(15)5)17(24)16(9-19)18-20-11(2)8-12(3)21-18/h8,10,16H,7H2,1-6H3. The van der Waals surface area contributed by atoms with Crippen LogP contribution in [0.5, 0.6) is 0 Å². The molecule has 6 nitrogen and oxygen atoms in total. The SMILES string of the molecule is Cc1cc(C)nc(C(C#N)C(=O)C(C)Cc2c(C)nn(C)c2C)n1. The minimum absolute atomic E-state index is 0.148. The molecule has 0 aliphatic rings. The van der Waals surface area contributed by atoms with Gasteiger partial charge in [0.05, 0.1) is 11.8 Å². The third-order valence-electron chi connectivity index (χ3n) is 4.33. The molecule has 0 saturated carbocycles. The molecular formula is C18H23N5O. The number of nitrogens with zero attached hydrogens (tertiary/aromatic N) is 5. The molecule has 0 spiro atoms. The summed E-state index contributed by atoms with van der Waals surface area (Å²) < 4.78 is 1.82. The highest BCUT2D eigenvalue weighted by Gasteiger charge is 2.29. The predicted molar refractivity (Wildman–Crippen MR) is 90.4 cm³/mol. The molecule has 0 aliphatic carbocycles. The van der Waals surface area contributed by atoms with Crippen LogP contribution < -0.4 is 0 Å². The Kier molecular flexibility index (Phi) is 5.13. The van der Waals surface area contributed by atoms with Gasteiger partial charge in [0.2, 0.25) is 0 Å². The lowest BCUT2D eigenvalue weighted by atomic mass is 9.88. The average Bonchev–Trinajstić information content (AvgIpc) is 2.73. The molecule has 2 unspecified atom stereocenters. The highest BCUT2D eigenvalue weighted by atomic mass is 16.1. The van der Waals surface area contributed by atoms with E-state index in [-0.39, 0.29) is 11.7 Å². The van der Waals surface area contributed by atoms with Crippen LogP contribution in [0.3, 0.4) is 0 Å². The Hall–Kier alpha value is -2.55. The van der Waals surface area contributed by atoms with Gasteiger partial charge in [0, 0.05) is 30.0 Å². The Balaban J connectivity index is 2.26. The summed E-state index contributed by atoms with van der Waals surface area (Å²) in [5, 5.41) is 13.9. The van der Waals surface area contributed by atoms with E-state index >= 15 is 0 Å². The Morgan fingerprint density at radius 2 is 1.83 bits per heavy atom. The monoisotopic (exact) mass is 325 g/mol. The molecule has 2 aromatic heterocycles. The lowest BCUT2D eigenvalue weighted by Gasteiger charge is -2.15. The number of hydrogen-bond acceptors (Lipinski definition) is 5. The molecule has 6 heteroatoms. The van der Waals surface area contributed by atoms with Gasteiger partial charge in [-0.05, 0) is 45.7 Å². The first-order chi connectivity index (χ1) is 11.2. The van der Waals surface area contributed by atoms with Gasteiger partial charge in [-0.15, -0.1) is 0 Å². The second-order valence-corrected chi connectivity index (χ2v) is 6.35. The van der Waals surface area contributed by atoms with E-state index in [0.717, 1.165) is 28.3 Å². The topological polar surface area (TPSA) is 84.5 Å². The molecule has 0 fully saturated rings. The molecule has 24 heavy (non-hydrogen) atoms. The van der Waals surface area contributed by atoms with E-state index in [1.165, 1.54) is 0 Å². The van der Waals surface area contributed by atoms with Crippen LogP contribution in [0.15, 0.2) is 6.07 Å². The van der Waals surface area contributed by atoms with Gasteiger partial charge in [-0.3, -0.25) is 9.48 Å². The maximum atomic E-state index is 12.8. The summed E-state index contributed by atoms with van der Waals surface area (Å²) in [5.41, 5.74) is 4.56. The maximum Gasteiger partial charge on any atom is 0.164 e. The summed E-state index contributed by atoms with van der Waals surface area (Å²) in [5.74, 6) is -1.09. The molecule has 0 radical (unpaired) electrons. The van der Waals surface area contributed by atoms with Gasteiger partial charge in [0.15, 0.2) is 17.5 Å². The molecular weight excluding hydrogens is 302 g/mol. The van der Waals surface area contributed by atoms with Crippen LogP contribution in [0.1, 0.15) is 47.0 Å². The zero-order chi connectivity index (χ0) is 18.0. The summed E-state index contributed by atoms with van der Waals surface area (Å²) in [6.07, 6.45) is 0.563. The second kappa shape index (κ2) is 6.91. The Bertz CT molecular complexity index is 795. The number of aryl methyl sites for hydroxylation is 4. The summed E-state index contributed by atoms with van der Waals surface area (Å²) in [6, 6.07) is 3.91. The fourth-order valence-corrected chi connectivity index (χ4v) is 2.94. The molecule has 0 amide bonds. The number of rotatable bonds is 5. The van der Waals surface area contributed by atoms with Crippen LogP contribution >= 0.6 is 0 Å². The normalized spacial score (nSPS) is 13.4. The Morgan fingerprint density at radius 3 is 2.29 bits per heavy atom. The minimum Gasteiger partial charge on any atom is -0.297 e. The number of carbonyl (C=O) groups excluding carboxylic acids is 1. The van der Waals surface area contributed by atoms with Crippen molar-refractivity contribution in [1.29, 1.82) is 5.26 Å². The van der Waals surface area contributed by atoms with Gasteiger partial charge < -0.3 is 0 Å². The van der Waals surface area contributed by atoms with Gasteiger partial charge in [-0.25, -0.2) is 9.97 Å². The van der Waals surface area contributed by atoms with Crippen LogP contribution in [0.4, 0.5) is 0 Å². The third-order valence-corrected chi connectivity index (χ3v) is 4.33. The van der Waals surface area contributed by atoms with Crippen molar-refractivity contribution in [2.45, 2.75) is 47.0 Å². The van der Waals surface area contributed by atoms with E-state index in [0.29, 0.717) is 12.2 Å². The molecule has 126 valence electrons. The minimum atomic E-state index is -0.934. The van der Waals surface area contributed by atoms with Crippen molar-refractivity contribution in [3.05, 3.63) is 40.2 Å². The highest BCUT2D eigenvalue weighted by Crippen LogP contribution is 2.23. The summed E-state index contributed by atoms with van der Waals surface area (Å²) in [6.45, 7) is 9.45. The first-order valence-corrected chi connectivity index (χ1v) is 7.99. The van der Waals surface area contributed by atoms with Crippen LogP contribution in [0.25, 0.3) is 0 Å². The van der Waals surface area contributed by atoms with E-state index in [4.69, 9.17) is 0 Å². The van der Waals surface area contributed by atoms with Gasteiger partial charge in [-0.1, -0.05) is 6.92 Å². The zero-order valence-electron chi connectivity index (χ0n) is 15.1. The summed E-state index contributed by atoms with van der Waals surface area (Å²) >= 11 is 0. The number of hydrogen-bond donors (Lipinski definition) is 0. The third kappa shape index (κ3) is 3.51. The van der Waals surface area contributed by atoms with Crippen molar-refractivity contribution >= 4 is 5.78 Å². The largest absolute Gasteiger partial charge is 0.297 e. The number of ketones is 1. The van der Waals surface area contributed by atoms with Gasteiger partial charge in [-0.2, -0.15) is 10.4 Å². The van der Waals surface area contributed by atoms with Crippen LogP contribution in [0.2, 0.25) is 0 Å². The predicted octanol–water partition coefficient (Wildman–Crippen LogP) is 2.50. The Labute approximate surface area is 142 Å². The molecule has 2 aromatic rings. The molecule has 2 rings (SSSR count). The van der Waals surface area contributed by atoms with Crippen molar-refractivity contribution < 1.29 is 4.79 Å². The first kappa shape index (κ1) is 17.8. The summed E-state index contributed by atoms with van der Waals surface area (Å²) in [7, 11) is 1.89. The van der Waals surface area contributed by atoms with Crippen molar-refractivity contribution in [3.63, 3.8) is 0 Å². The van der Waals surface area contributed by atoms with Gasteiger partial charge in [0.1, 0.15) is 0 Å². The van der Waals surface area contributed by atoms with E-state index in [1.54, 1.807) is 0 Å². The van der Waals surface area contributed by atoms with Crippen LogP contribution in [-0.4, -0.2) is 25.5 Å². The van der Waals surface area contributed by atoms with Crippen molar-refractivity contribution in [2.24, 2.45) is 13.0 Å². The highest BCUT2D eigenvalue weighted by molar-refractivity contribution is 5.89. The van der Waals surface area contributed by atoms with E-state index in [9.17, 15) is 10.1 Å². The molecule has 0 aliphatic heterocycles. The quantitative estimate of drug-likeness (QED) is 0.843. The number of nitriles is 1. The van der Waals surface area contributed by atoms with Crippen LogP contribution in [0, 0.1) is 44.9 Å². The average molecular weight is 325 g/mol. The second-order valence-electron chi connectivity index (χ2n) is 6.35. The van der Waals surface area contributed by atoms with E-state index < -0.39 is 5.92 Å².